The van der Waals surface area contributed by atoms with Crippen LogP contribution in [0, 0.1) is 6.92 Å². The fourth-order valence-corrected chi connectivity index (χ4v) is 4.82. The molecule has 1 aliphatic heterocycles. The minimum atomic E-state index is 0.219. The summed E-state index contributed by atoms with van der Waals surface area (Å²) in [5.41, 5.74) is 8.13. The molecule has 1 fully saturated rings. The number of morpholine rings is 1. The molecule has 1 saturated heterocycles. The van der Waals surface area contributed by atoms with Gasteiger partial charge in [-0.15, -0.1) is 0 Å². The molecule has 160 valence electrons. The van der Waals surface area contributed by atoms with E-state index >= 15 is 0 Å². The van der Waals surface area contributed by atoms with Crippen molar-refractivity contribution in [1.82, 2.24) is 14.2 Å². The maximum atomic E-state index is 11.8. The number of hydrogen-bond donors (Lipinski definition) is 0. The number of hydrogen-bond acceptors (Lipinski definition) is 4. The van der Waals surface area contributed by atoms with E-state index in [1.807, 2.05) is 6.07 Å². The van der Waals surface area contributed by atoms with E-state index in [2.05, 4.69) is 66.6 Å². The molecule has 0 radical (unpaired) electrons. The number of rotatable bonds is 6. The lowest BCUT2D eigenvalue weighted by molar-refractivity contribution is 0.0187. The van der Waals surface area contributed by atoms with Crippen molar-refractivity contribution in [3.63, 3.8) is 0 Å². The van der Waals surface area contributed by atoms with Crippen LogP contribution >= 0.6 is 0 Å². The zero-order valence-corrected chi connectivity index (χ0v) is 18.6. The molecule has 0 N–H and O–H groups in total. The van der Waals surface area contributed by atoms with Crippen molar-refractivity contribution in [2.45, 2.75) is 32.7 Å². The van der Waals surface area contributed by atoms with Gasteiger partial charge in [0.05, 0.1) is 13.2 Å². The van der Waals surface area contributed by atoms with Crippen molar-refractivity contribution in [2.75, 3.05) is 46.9 Å². The summed E-state index contributed by atoms with van der Waals surface area (Å²) in [5, 5.41) is 0. The van der Waals surface area contributed by atoms with Crippen LogP contribution < -0.4 is 0 Å². The second-order valence-electron chi connectivity index (χ2n) is 8.81. The monoisotopic (exact) mass is 407 g/mol. The van der Waals surface area contributed by atoms with Crippen molar-refractivity contribution in [2.24, 2.45) is 0 Å². The first-order valence-corrected chi connectivity index (χ1v) is 10.9. The van der Waals surface area contributed by atoms with Crippen molar-refractivity contribution >= 4 is 17.4 Å². The highest BCUT2D eigenvalue weighted by atomic mass is 16.5. The fraction of sp³-hybridized carbons (Fsp3) is 0.480. The average molecular weight is 408 g/mol. The van der Waals surface area contributed by atoms with Gasteiger partial charge in [0.25, 0.3) is 0 Å². The topological polar surface area (TPSA) is 37.2 Å². The molecule has 0 spiro atoms. The fourth-order valence-electron chi connectivity index (χ4n) is 4.82. The van der Waals surface area contributed by atoms with Crippen LogP contribution in [0.2, 0.25) is 0 Å². The molecule has 4 rings (SSSR count). The summed E-state index contributed by atoms with van der Waals surface area (Å²) in [4.78, 5) is 16.5. The Morgan fingerprint density at radius 1 is 1.23 bits per heavy atom. The quantitative estimate of drug-likeness (QED) is 0.675. The van der Waals surface area contributed by atoms with E-state index in [1.54, 1.807) is 0 Å². The lowest BCUT2D eigenvalue weighted by atomic mass is 9.95. The van der Waals surface area contributed by atoms with Crippen LogP contribution in [0.4, 0.5) is 0 Å². The number of carbonyl (C=O) groups is 1. The molecule has 0 saturated carbocycles. The van der Waals surface area contributed by atoms with Crippen LogP contribution in [0.25, 0.3) is 11.1 Å². The second kappa shape index (κ2) is 8.88. The summed E-state index contributed by atoms with van der Waals surface area (Å²) >= 11 is 0. The highest BCUT2D eigenvalue weighted by Gasteiger charge is 2.24. The first-order valence-electron chi connectivity index (χ1n) is 10.9. The van der Waals surface area contributed by atoms with Gasteiger partial charge < -0.3 is 14.0 Å². The molecule has 0 bridgehead atoms. The van der Waals surface area contributed by atoms with Crippen molar-refractivity contribution in [1.29, 1.82) is 0 Å². The first kappa shape index (κ1) is 21.0. The van der Waals surface area contributed by atoms with E-state index in [9.17, 15) is 4.79 Å². The predicted octanol–water partition coefficient (Wildman–Crippen LogP) is 4.12. The Hall–Kier alpha value is -2.21. The molecule has 0 amide bonds. The standard InChI is InChI=1S/C25H33N3O2/c1-18-23(17-29)14-24-13-22(21-7-5-6-20(12-21)15-26(3)4)16-28(24)25(18)19(2)27-8-10-30-11-9-27/h7,12-14,16-17,19H,5-6,8-11,15H2,1-4H3. The minimum absolute atomic E-state index is 0.219. The van der Waals surface area contributed by atoms with E-state index in [0.717, 1.165) is 68.6 Å². The van der Waals surface area contributed by atoms with Crippen molar-refractivity contribution in [3.8, 4) is 0 Å². The van der Waals surface area contributed by atoms with E-state index in [1.165, 1.54) is 22.4 Å². The van der Waals surface area contributed by atoms with Crippen LogP contribution in [0.15, 0.2) is 36.1 Å². The molecule has 3 heterocycles. The van der Waals surface area contributed by atoms with Crippen LogP contribution in [0.3, 0.4) is 0 Å². The van der Waals surface area contributed by atoms with E-state index in [-0.39, 0.29) is 6.04 Å². The predicted molar refractivity (Wildman–Crippen MR) is 122 cm³/mol. The second-order valence-corrected chi connectivity index (χ2v) is 8.81. The summed E-state index contributed by atoms with van der Waals surface area (Å²) in [6, 6.07) is 4.47. The lowest BCUT2D eigenvalue weighted by Crippen LogP contribution is -2.38. The molecule has 1 atom stereocenters. The summed E-state index contributed by atoms with van der Waals surface area (Å²) in [6.07, 6.45) is 10.1. The number of pyridine rings is 1. The molecule has 2 aromatic heterocycles. The SMILES string of the molecule is Cc1c(C=O)cc2cc(C3=CCCC(CN(C)C)=C3)cn2c1C(C)N1CCOCC1. The molecule has 5 heteroatoms. The molecule has 2 aliphatic rings. The number of aromatic nitrogens is 1. The summed E-state index contributed by atoms with van der Waals surface area (Å²) < 4.78 is 7.85. The zero-order chi connectivity index (χ0) is 21.3. The Kier molecular flexibility index (Phi) is 6.23. The number of aldehydes is 1. The van der Waals surface area contributed by atoms with Crippen LogP contribution in [0.5, 0.6) is 0 Å². The summed E-state index contributed by atoms with van der Waals surface area (Å²) in [7, 11) is 4.24. The number of likely N-dealkylation sites (N-methyl/N-ethyl adjacent to an activating group) is 1. The van der Waals surface area contributed by atoms with Gasteiger partial charge in [0.2, 0.25) is 0 Å². The molecular formula is C25H33N3O2. The third-order valence-corrected chi connectivity index (χ3v) is 6.39. The van der Waals surface area contributed by atoms with Crippen molar-refractivity contribution < 1.29 is 9.53 Å². The number of allylic oxidation sites excluding steroid dienone is 3. The Morgan fingerprint density at radius 3 is 2.70 bits per heavy atom. The van der Waals surface area contributed by atoms with Gasteiger partial charge in [-0.1, -0.05) is 17.7 Å². The molecule has 1 unspecified atom stereocenters. The average Bonchev–Trinajstić information content (AvgIpc) is 3.17. The number of nitrogens with zero attached hydrogens (tertiary/aromatic N) is 3. The Labute approximate surface area is 179 Å². The van der Waals surface area contributed by atoms with Gasteiger partial charge in [0.15, 0.2) is 0 Å². The Balaban J connectivity index is 1.77. The maximum absolute atomic E-state index is 11.8. The van der Waals surface area contributed by atoms with Gasteiger partial charge in [-0.2, -0.15) is 0 Å². The van der Waals surface area contributed by atoms with Gasteiger partial charge in [0, 0.05) is 54.2 Å². The van der Waals surface area contributed by atoms with Gasteiger partial charge in [-0.05, 0) is 64.1 Å². The zero-order valence-electron chi connectivity index (χ0n) is 18.6. The van der Waals surface area contributed by atoms with Crippen LogP contribution in [0.1, 0.15) is 53.0 Å². The normalized spacial score (nSPS) is 19.1. The van der Waals surface area contributed by atoms with Crippen LogP contribution in [-0.2, 0) is 4.74 Å². The third kappa shape index (κ3) is 4.15. The summed E-state index contributed by atoms with van der Waals surface area (Å²) in [6.45, 7) is 8.69. The van der Waals surface area contributed by atoms with Gasteiger partial charge >= 0.3 is 0 Å². The Morgan fingerprint density at radius 2 is 2.00 bits per heavy atom. The highest BCUT2D eigenvalue weighted by molar-refractivity contribution is 5.83. The van der Waals surface area contributed by atoms with E-state index in [0.29, 0.717) is 0 Å². The largest absolute Gasteiger partial charge is 0.379 e. The molecule has 1 aliphatic carbocycles. The molecule has 2 aromatic rings. The first-order chi connectivity index (χ1) is 14.5. The van der Waals surface area contributed by atoms with E-state index < -0.39 is 0 Å². The van der Waals surface area contributed by atoms with Gasteiger partial charge in [-0.25, -0.2) is 0 Å². The Bertz CT molecular complexity index is 993. The van der Waals surface area contributed by atoms with E-state index in [4.69, 9.17) is 4.74 Å². The molecular weight excluding hydrogens is 374 g/mol. The molecule has 5 nitrogen and oxygen atoms in total. The smallest absolute Gasteiger partial charge is 0.150 e. The number of carbonyl (C=O) groups excluding carboxylic acids is 1. The number of fused-ring (bicyclic) bond motifs is 1. The van der Waals surface area contributed by atoms with Gasteiger partial charge in [0.1, 0.15) is 6.29 Å². The highest BCUT2D eigenvalue weighted by Crippen LogP contribution is 2.32. The molecule has 30 heavy (non-hydrogen) atoms. The third-order valence-electron chi connectivity index (χ3n) is 6.39. The summed E-state index contributed by atoms with van der Waals surface area (Å²) in [5.74, 6) is 0. The number of ether oxygens (including phenoxy) is 1. The van der Waals surface area contributed by atoms with Gasteiger partial charge in [-0.3, -0.25) is 9.69 Å². The molecule has 0 aromatic carbocycles. The minimum Gasteiger partial charge on any atom is -0.379 e. The van der Waals surface area contributed by atoms with Crippen LogP contribution in [-0.4, -0.2) is 67.4 Å². The van der Waals surface area contributed by atoms with Crippen molar-refractivity contribution in [3.05, 3.63) is 58.4 Å². The maximum Gasteiger partial charge on any atom is 0.150 e. The lowest BCUT2D eigenvalue weighted by Gasteiger charge is -2.33.